The minimum absolute atomic E-state index is 0. The number of likely N-dealkylation sites (tertiary alicyclic amines) is 1. The number of nitrogens with zero attached hydrogens (tertiary/aromatic N) is 2. The number of hydrogen-bond donors (Lipinski definition) is 2. The molecule has 2 N–H and O–H groups in total. The first-order valence-electron chi connectivity index (χ1n) is 7.53. The lowest BCUT2D eigenvalue weighted by Gasteiger charge is -2.41. The van der Waals surface area contributed by atoms with Crippen LogP contribution in [0.3, 0.4) is 0 Å². The standard InChI is InChI=1S/C14H24N4O.HI/c1-2-15-13(17-11-4-5-11)18-7-3-6-14(10-18)8-12(19)16-9-14;/h11H,2-10H2,1H3,(H,15,17)(H,16,19);1H. The molecule has 0 aromatic carbocycles. The molecule has 0 aromatic rings. The van der Waals surface area contributed by atoms with E-state index in [9.17, 15) is 4.79 Å². The molecule has 1 unspecified atom stereocenters. The molecule has 3 rings (SSSR count). The van der Waals surface area contributed by atoms with Crippen LogP contribution < -0.4 is 10.6 Å². The highest BCUT2D eigenvalue weighted by molar-refractivity contribution is 14.0. The van der Waals surface area contributed by atoms with Crippen LogP contribution in [0.4, 0.5) is 0 Å². The largest absolute Gasteiger partial charge is 0.355 e. The van der Waals surface area contributed by atoms with Gasteiger partial charge in [0.15, 0.2) is 5.96 Å². The molecule has 5 nitrogen and oxygen atoms in total. The molecule has 0 aromatic heterocycles. The summed E-state index contributed by atoms with van der Waals surface area (Å²) in [7, 11) is 0. The van der Waals surface area contributed by atoms with E-state index in [1.54, 1.807) is 0 Å². The van der Waals surface area contributed by atoms with Gasteiger partial charge in [0.2, 0.25) is 5.91 Å². The highest BCUT2D eigenvalue weighted by Gasteiger charge is 2.42. The summed E-state index contributed by atoms with van der Waals surface area (Å²) in [4.78, 5) is 18.5. The predicted octanol–water partition coefficient (Wildman–Crippen LogP) is 1.33. The molecule has 1 amide bonds. The van der Waals surface area contributed by atoms with E-state index < -0.39 is 0 Å². The minimum Gasteiger partial charge on any atom is -0.355 e. The highest BCUT2D eigenvalue weighted by atomic mass is 127. The molecule has 1 spiro atoms. The maximum absolute atomic E-state index is 11.5. The zero-order valence-corrected chi connectivity index (χ0v) is 14.5. The van der Waals surface area contributed by atoms with Crippen LogP contribution in [0.15, 0.2) is 4.99 Å². The molecule has 2 aliphatic heterocycles. The van der Waals surface area contributed by atoms with Gasteiger partial charge in [0, 0.05) is 44.1 Å². The van der Waals surface area contributed by atoms with Crippen LogP contribution in [-0.4, -0.2) is 49.0 Å². The van der Waals surface area contributed by atoms with Crippen LogP contribution in [-0.2, 0) is 4.79 Å². The minimum atomic E-state index is 0. The van der Waals surface area contributed by atoms with Gasteiger partial charge in [0.25, 0.3) is 0 Å². The molecule has 1 aliphatic carbocycles. The second-order valence-electron chi connectivity index (χ2n) is 6.20. The van der Waals surface area contributed by atoms with E-state index in [1.165, 1.54) is 12.8 Å². The van der Waals surface area contributed by atoms with Crippen molar-refractivity contribution in [3.63, 3.8) is 0 Å². The number of carbonyl (C=O) groups is 1. The number of amides is 1. The lowest BCUT2D eigenvalue weighted by Crippen LogP contribution is -2.51. The molecule has 20 heavy (non-hydrogen) atoms. The molecule has 1 atom stereocenters. The maximum atomic E-state index is 11.5. The number of rotatable bonds is 2. The average molecular weight is 392 g/mol. The van der Waals surface area contributed by atoms with Gasteiger partial charge in [-0.1, -0.05) is 0 Å². The Kier molecular flexibility index (Phi) is 5.14. The number of guanidine groups is 1. The van der Waals surface area contributed by atoms with E-state index in [4.69, 9.17) is 0 Å². The van der Waals surface area contributed by atoms with Crippen molar-refractivity contribution in [1.29, 1.82) is 0 Å². The van der Waals surface area contributed by atoms with Crippen molar-refractivity contribution in [1.82, 2.24) is 15.5 Å². The number of carbonyl (C=O) groups excluding carboxylic acids is 1. The first-order chi connectivity index (χ1) is 9.21. The third-order valence-electron chi connectivity index (χ3n) is 4.38. The van der Waals surface area contributed by atoms with Gasteiger partial charge in [-0.25, -0.2) is 0 Å². The smallest absolute Gasteiger partial charge is 0.220 e. The van der Waals surface area contributed by atoms with Crippen LogP contribution in [0.1, 0.15) is 39.0 Å². The van der Waals surface area contributed by atoms with Gasteiger partial charge in [0.05, 0.1) is 0 Å². The molecule has 0 bridgehead atoms. The first kappa shape index (κ1) is 15.9. The lowest BCUT2D eigenvalue weighted by atomic mass is 9.79. The number of halogens is 1. The van der Waals surface area contributed by atoms with Gasteiger partial charge >= 0.3 is 0 Å². The summed E-state index contributed by atoms with van der Waals surface area (Å²) in [6.07, 6.45) is 5.53. The fraction of sp³-hybridized carbons (Fsp3) is 0.857. The molecule has 1 saturated carbocycles. The Morgan fingerprint density at radius 2 is 2.35 bits per heavy atom. The van der Waals surface area contributed by atoms with Gasteiger partial charge in [-0.05, 0) is 32.6 Å². The zero-order valence-electron chi connectivity index (χ0n) is 12.2. The second kappa shape index (κ2) is 6.49. The van der Waals surface area contributed by atoms with Crippen molar-refractivity contribution >= 4 is 35.8 Å². The normalized spacial score (nSPS) is 30.1. The van der Waals surface area contributed by atoms with Crippen LogP contribution in [0, 0.1) is 5.41 Å². The van der Waals surface area contributed by atoms with Crippen molar-refractivity contribution in [3.05, 3.63) is 0 Å². The molecule has 2 heterocycles. The summed E-state index contributed by atoms with van der Waals surface area (Å²) in [5, 5.41) is 6.55. The lowest BCUT2D eigenvalue weighted by molar-refractivity contribution is -0.119. The molecule has 3 fully saturated rings. The quantitative estimate of drug-likeness (QED) is 0.424. The van der Waals surface area contributed by atoms with Crippen LogP contribution in [0.5, 0.6) is 0 Å². The van der Waals surface area contributed by atoms with Crippen molar-refractivity contribution < 1.29 is 4.79 Å². The SMILES string of the molecule is CCN=C(NC1CC1)N1CCCC2(CNC(=O)C2)C1.I. The third-order valence-corrected chi connectivity index (χ3v) is 4.38. The average Bonchev–Trinajstić information content (AvgIpc) is 3.14. The number of hydrogen-bond acceptors (Lipinski definition) is 2. The fourth-order valence-electron chi connectivity index (χ4n) is 3.23. The van der Waals surface area contributed by atoms with E-state index in [0.717, 1.165) is 45.0 Å². The van der Waals surface area contributed by atoms with E-state index in [0.29, 0.717) is 12.5 Å². The van der Waals surface area contributed by atoms with Crippen molar-refractivity contribution in [2.45, 2.75) is 45.1 Å². The van der Waals surface area contributed by atoms with Gasteiger partial charge in [-0.3, -0.25) is 9.79 Å². The summed E-state index contributed by atoms with van der Waals surface area (Å²) >= 11 is 0. The monoisotopic (exact) mass is 392 g/mol. The number of aliphatic imine (C=N–C) groups is 1. The van der Waals surface area contributed by atoms with Crippen molar-refractivity contribution in [3.8, 4) is 0 Å². The molecular formula is C14H25IN4O. The molecule has 2 saturated heterocycles. The van der Waals surface area contributed by atoms with Crippen molar-refractivity contribution in [2.75, 3.05) is 26.2 Å². The summed E-state index contributed by atoms with van der Waals surface area (Å²) in [5.41, 5.74) is 0.148. The Bertz CT molecular complexity index is 397. The Balaban J connectivity index is 0.00000147. The fourth-order valence-corrected chi connectivity index (χ4v) is 3.23. The van der Waals surface area contributed by atoms with Gasteiger partial charge in [0.1, 0.15) is 0 Å². The van der Waals surface area contributed by atoms with E-state index >= 15 is 0 Å². The summed E-state index contributed by atoms with van der Waals surface area (Å²) in [6.45, 7) is 5.76. The summed E-state index contributed by atoms with van der Waals surface area (Å²) < 4.78 is 0. The topological polar surface area (TPSA) is 56.7 Å². The van der Waals surface area contributed by atoms with Crippen LogP contribution in [0.2, 0.25) is 0 Å². The maximum Gasteiger partial charge on any atom is 0.220 e. The molecular weight excluding hydrogens is 367 g/mol. The molecule has 114 valence electrons. The van der Waals surface area contributed by atoms with Crippen molar-refractivity contribution in [2.24, 2.45) is 10.4 Å². The van der Waals surface area contributed by atoms with Crippen LogP contribution >= 0.6 is 24.0 Å². The highest BCUT2D eigenvalue weighted by Crippen LogP contribution is 2.36. The summed E-state index contributed by atoms with van der Waals surface area (Å²) in [6, 6.07) is 0.631. The number of nitrogens with one attached hydrogen (secondary N) is 2. The predicted molar refractivity (Wildman–Crippen MR) is 90.4 cm³/mol. The van der Waals surface area contributed by atoms with Gasteiger partial charge in [-0.2, -0.15) is 0 Å². The van der Waals surface area contributed by atoms with E-state index in [-0.39, 0.29) is 35.3 Å². The Morgan fingerprint density at radius 3 is 2.95 bits per heavy atom. The molecule has 6 heteroatoms. The first-order valence-corrected chi connectivity index (χ1v) is 7.53. The second-order valence-corrected chi connectivity index (χ2v) is 6.20. The Labute approximate surface area is 138 Å². The molecule has 3 aliphatic rings. The third kappa shape index (κ3) is 3.56. The van der Waals surface area contributed by atoms with Crippen LogP contribution in [0.25, 0.3) is 0 Å². The number of piperidine rings is 1. The Hall–Kier alpha value is -0.530. The molecule has 0 radical (unpaired) electrons. The van der Waals surface area contributed by atoms with Gasteiger partial charge in [-0.15, -0.1) is 24.0 Å². The van der Waals surface area contributed by atoms with Gasteiger partial charge < -0.3 is 15.5 Å². The zero-order chi connectivity index (χ0) is 13.3. The Morgan fingerprint density at radius 1 is 1.55 bits per heavy atom. The van der Waals surface area contributed by atoms with E-state index in [2.05, 4.69) is 27.4 Å². The van der Waals surface area contributed by atoms with E-state index in [1.807, 2.05) is 0 Å². The summed E-state index contributed by atoms with van der Waals surface area (Å²) in [5.74, 6) is 1.27.